The molecule has 0 saturated carbocycles. The number of carbonyl (C=O) groups is 3. The summed E-state index contributed by atoms with van der Waals surface area (Å²) in [5.41, 5.74) is 0.615. The second-order valence-corrected chi connectivity index (χ2v) is 6.30. The van der Waals surface area contributed by atoms with Crippen LogP contribution in [0.15, 0.2) is 34.8 Å². The van der Waals surface area contributed by atoms with Gasteiger partial charge in [0.2, 0.25) is 11.8 Å². The molecule has 1 unspecified atom stereocenters. The van der Waals surface area contributed by atoms with Crippen LogP contribution in [0.3, 0.4) is 0 Å². The Morgan fingerprint density at radius 2 is 2.00 bits per heavy atom. The van der Waals surface area contributed by atoms with Gasteiger partial charge in [0.05, 0.1) is 5.69 Å². The van der Waals surface area contributed by atoms with Gasteiger partial charge in [0, 0.05) is 21.7 Å². The van der Waals surface area contributed by atoms with E-state index in [2.05, 4.69) is 21.2 Å². The zero-order valence-corrected chi connectivity index (χ0v) is 13.4. The van der Waals surface area contributed by atoms with Gasteiger partial charge in [-0.25, -0.2) is 4.79 Å². The average molecular weight is 375 g/mol. The monoisotopic (exact) mass is 374 g/mol. The molecule has 2 aromatic rings. The Balaban J connectivity index is 1.90. The van der Waals surface area contributed by atoms with Crippen LogP contribution in [0, 0.1) is 0 Å². The number of rotatable bonds is 1. The van der Waals surface area contributed by atoms with Crippen molar-refractivity contribution < 1.29 is 19.1 Å². The second kappa shape index (κ2) is 5.06. The van der Waals surface area contributed by atoms with Gasteiger partial charge in [0.1, 0.15) is 11.8 Å². The van der Waals surface area contributed by atoms with E-state index in [1.54, 1.807) is 18.2 Å². The molecule has 1 saturated heterocycles. The summed E-state index contributed by atoms with van der Waals surface area (Å²) in [6, 6.07) is 8.30. The fourth-order valence-electron chi connectivity index (χ4n) is 3.07. The van der Waals surface area contributed by atoms with E-state index in [1.165, 1.54) is 4.90 Å². The predicted octanol–water partition coefficient (Wildman–Crippen LogP) is 2.73. The first-order chi connectivity index (χ1) is 11.1. The first-order valence-electron chi connectivity index (χ1n) is 7.12. The van der Waals surface area contributed by atoms with Crippen molar-refractivity contribution in [2.24, 2.45) is 0 Å². The van der Waals surface area contributed by atoms with E-state index in [1.807, 2.05) is 12.1 Å². The van der Waals surface area contributed by atoms with Gasteiger partial charge in [-0.05, 0) is 24.6 Å². The summed E-state index contributed by atoms with van der Waals surface area (Å²) in [5, 5.41) is 3.94. The number of hydrogen-bond donors (Lipinski definition) is 1. The predicted molar refractivity (Wildman–Crippen MR) is 86.3 cm³/mol. The van der Waals surface area contributed by atoms with E-state index in [0.29, 0.717) is 11.4 Å². The largest absolute Gasteiger partial charge is 0.420 e. The Morgan fingerprint density at radius 3 is 2.78 bits per heavy atom. The van der Waals surface area contributed by atoms with Gasteiger partial charge < -0.3 is 4.74 Å². The molecular formula is C16H11BrN2O4. The Hall–Kier alpha value is -2.41. The van der Waals surface area contributed by atoms with Crippen LogP contribution in [0.2, 0.25) is 0 Å². The number of nitrogens with zero attached hydrogens (tertiary/aromatic N) is 1. The highest BCUT2D eigenvalue weighted by molar-refractivity contribution is 9.10. The number of nitrogens with one attached hydrogen (secondary N) is 1. The minimum atomic E-state index is -0.752. The molecule has 0 aromatic heterocycles. The highest BCUT2D eigenvalue weighted by atomic mass is 79.9. The van der Waals surface area contributed by atoms with E-state index in [4.69, 9.17) is 4.74 Å². The molecule has 7 heteroatoms. The Morgan fingerprint density at radius 1 is 1.17 bits per heavy atom. The van der Waals surface area contributed by atoms with Crippen LogP contribution in [-0.4, -0.2) is 23.9 Å². The molecule has 1 N–H and O–H groups in total. The molecule has 23 heavy (non-hydrogen) atoms. The Labute approximate surface area is 139 Å². The quantitative estimate of drug-likeness (QED) is 0.778. The summed E-state index contributed by atoms with van der Waals surface area (Å²) in [6.07, 6.45) is -0.136. The molecule has 3 amide bonds. The molecule has 0 aliphatic carbocycles. The molecule has 6 nitrogen and oxygen atoms in total. The standard InChI is InChI=1S/C16H11BrN2O4/c17-9-4-5-10-14-8(9)2-1-3-12(14)23-16(22)19(10)11-6-7-13(20)18-15(11)21/h1-5,11H,6-7H2,(H,18,20,21). The molecule has 0 spiro atoms. The molecule has 2 aliphatic heterocycles. The maximum atomic E-state index is 12.4. The van der Waals surface area contributed by atoms with Crippen molar-refractivity contribution in [3.8, 4) is 5.75 Å². The summed E-state index contributed by atoms with van der Waals surface area (Å²) in [4.78, 5) is 37.3. The lowest BCUT2D eigenvalue weighted by molar-refractivity contribution is -0.134. The zero-order chi connectivity index (χ0) is 16.1. The van der Waals surface area contributed by atoms with Crippen LogP contribution in [0.4, 0.5) is 10.5 Å². The van der Waals surface area contributed by atoms with Crippen LogP contribution in [0.25, 0.3) is 10.8 Å². The first kappa shape index (κ1) is 14.2. The molecule has 2 aromatic carbocycles. The summed E-state index contributed by atoms with van der Waals surface area (Å²) >= 11 is 3.49. The lowest BCUT2D eigenvalue weighted by Gasteiger charge is -2.35. The van der Waals surface area contributed by atoms with Crippen molar-refractivity contribution in [3.63, 3.8) is 0 Å². The molecule has 116 valence electrons. The summed E-state index contributed by atoms with van der Waals surface area (Å²) < 4.78 is 6.28. The van der Waals surface area contributed by atoms with Crippen molar-refractivity contribution in [2.45, 2.75) is 18.9 Å². The number of amides is 3. The van der Waals surface area contributed by atoms with Crippen LogP contribution in [-0.2, 0) is 9.59 Å². The van der Waals surface area contributed by atoms with E-state index in [-0.39, 0.29) is 18.7 Å². The maximum Gasteiger partial charge on any atom is 0.420 e. The Bertz CT molecular complexity index is 880. The molecule has 4 rings (SSSR count). The fraction of sp³-hybridized carbons (Fsp3) is 0.188. The van der Waals surface area contributed by atoms with Crippen LogP contribution < -0.4 is 15.0 Å². The topological polar surface area (TPSA) is 75.7 Å². The smallest absolute Gasteiger partial charge is 0.409 e. The van der Waals surface area contributed by atoms with Crippen molar-refractivity contribution in [2.75, 3.05) is 4.90 Å². The number of benzene rings is 2. The lowest BCUT2D eigenvalue weighted by Crippen LogP contribution is -2.56. The fourth-order valence-corrected chi connectivity index (χ4v) is 3.53. The number of imide groups is 1. The maximum absolute atomic E-state index is 12.4. The number of piperidine rings is 1. The number of anilines is 1. The molecule has 0 radical (unpaired) electrons. The average Bonchev–Trinajstić information content (AvgIpc) is 2.52. The van der Waals surface area contributed by atoms with E-state index in [0.717, 1.165) is 15.2 Å². The molecule has 2 heterocycles. The summed E-state index contributed by atoms with van der Waals surface area (Å²) in [6.45, 7) is 0. The SMILES string of the molecule is O=C1CCC(N2C(=O)Oc3cccc4c(Br)ccc2c34)C(=O)N1. The van der Waals surface area contributed by atoms with Crippen molar-refractivity contribution >= 4 is 50.3 Å². The molecule has 1 atom stereocenters. The van der Waals surface area contributed by atoms with Gasteiger partial charge >= 0.3 is 6.09 Å². The minimum absolute atomic E-state index is 0.196. The van der Waals surface area contributed by atoms with E-state index >= 15 is 0 Å². The van der Waals surface area contributed by atoms with Gasteiger partial charge in [-0.15, -0.1) is 0 Å². The minimum Gasteiger partial charge on any atom is -0.409 e. The molecule has 2 aliphatic rings. The Kier molecular flexibility index (Phi) is 3.12. The van der Waals surface area contributed by atoms with Gasteiger partial charge in [-0.3, -0.25) is 19.8 Å². The third kappa shape index (κ3) is 2.11. The molecular weight excluding hydrogens is 364 g/mol. The van der Waals surface area contributed by atoms with Gasteiger partial charge in [0.25, 0.3) is 0 Å². The van der Waals surface area contributed by atoms with Crippen molar-refractivity contribution in [3.05, 3.63) is 34.8 Å². The highest BCUT2D eigenvalue weighted by Gasteiger charge is 2.39. The van der Waals surface area contributed by atoms with Crippen molar-refractivity contribution in [1.82, 2.24) is 5.32 Å². The number of halogens is 1. The zero-order valence-electron chi connectivity index (χ0n) is 11.8. The second-order valence-electron chi connectivity index (χ2n) is 5.45. The van der Waals surface area contributed by atoms with E-state index in [9.17, 15) is 14.4 Å². The lowest BCUT2D eigenvalue weighted by atomic mass is 10.0. The van der Waals surface area contributed by atoms with Gasteiger partial charge in [-0.1, -0.05) is 28.1 Å². The van der Waals surface area contributed by atoms with Gasteiger partial charge in [-0.2, -0.15) is 0 Å². The van der Waals surface area contributed by atoms with Crippen LogP contribution >= 0.6 is 15.9 Å². The highest BCUT2D eigenvalue weighted by Crippen LogP contribution is 2.42. The van der Waals surface area contributed by atoms with Gasteiger partial charge in [0.15, 0.2) is 0 Å². The number of ether oxygens (including phenoxy) is 1. The van der Waals surface area contributed by atoms with Crippen LogP contribution in [0.5, 0.6) is 5.75 Å². The third-order valence-electron chi connectivity index (χ3n) is 4.10. The summed E-state index contributed by atoms with van der Waals surface area (Å²) in [7, 11) is 0. The number of carbonyl (C=O) groups excluding carboxylic acids is 3. The molecule has 0 bridgehead atoms. The first-order valence-corrected chi connectivity index (χ1v) is 7.91. The van der Waals surface area contributed by atoms with Crippen LogP contribution in [0.1, 0.15) is 12.8 Å². The normalized spacial score (nSPS) is 20.5. The van der Waals surface area contributed by atoms with E-state index < -0.39 is 18.0 Å². The van der Waals surface area contributed by atoms with Crippen molar-refractivity contribution in [1.29, 1.82) is 0 Å². The third-order valence-corrected chi connectivity index (χ3v) is 4.79. The number of hydrogen-bond acceptors (Lipinski definition) is 4. The summed E-state index contributed by atoms with van der Waals surface area (Å²) in [5.74, 6) is -0.334. The molecule has 1 fully saturated rings.